The number of carbonyl (C=O) groups is 1. The van der Waals surface area contributed by atoms with Gasteiger partial charge in [-0.15, -0.1) is 0 Å². The molecule has 0 atom stereocenters. The molecular weight excluding hydrogens is 252 g/mol. The number of carbonyl (C=O) groups excluding carboxylic acids is 1. The maximum absolute atomic E-state index is 12.0. The SMILES string of the molecule is COc1ccccc1CN(CC(=O)NC1CC1)C1CC1. The molecule has 0 heterocycles. The maximum atomic E-state index is 12.0. The molecule has 0 spiro atoms. The van der Waals surface area contributed by atoms with Gasteiger partial charge in [0.05, 0.1) is 13.7 Å². The van der Waals surface area contributed by atoms with Gasteiger partial charge in [0.2, 0.25) is 5.91 Å². The molecule has 1 aromatic carbocycles. The molecule has 0 unspecified atom stereocenters. The largest absolute Gasteiger partial charge is 0.496 e. The Balaban J connectivity index is 1.62. The number of nitrogens with zero attached hydrogens (tertiary/aromatic N) is 1. The van der Waals surface area contributed by atoms with Crippen LogP contribution in [0.3, 0.4) is 0 Å². The number of methoxy groups -OCH3 is 1. The van der Waals surface area contributed by atoms with Crippen molar-refractivity contribution in [2.75, 3.05) is 13.7 Å². The van der Waals surface area contributed by atoms with Crippen LogP contribution in [0, 0.1) is 0 Å². The van der Waals surface area contributed by atoms with Gasteiger partial charge < -0.3 is 10.1 Å². The Hall–Kier alpha value is -1.55. The number of para-hydroxylation sites is 1. The van der Waals surface area contributed by atoms with E-state index in [2.05, 4.69) is 16.3 Å². The Morgan fingerprint density at radius 3 is 2.70 bits per heavy atom. The summed E-state index contributed by atoms with van der Waals surface area (Å²) in [5, 5.41) is 3.07. The van der Waals surface area contributed by atoms with E-state index in [1.54, 1.807) is 7.11 Å². The van der Waals surface area contributed by atoms with Crippen LogP contribution in [0.15, 0.2) is 24.3 Å². The van der Waals surface area contributed by atoms with E-state index in [9.17, 15) is 4.79 Å². The lowest BCUT2D eigenvalue weighted by Gasteiger charge is -2.22. The van der Waals surface area contributed by atoms with Crippen molar-refractivity contribution >= 4 is 5.91 Å². The summed E-state index contributed by atoms with van der Waals surface area (Å²) < 4.78 is 5.40. The van der Waals surface area contributed by atoms with Crippen molar-refractivity contribution in [2.45, 2.75) is 44.3 Å². The highest BCUT2D eigenvalue weighted by molar-refractivity contribution is 5.78. The highest BCUT2D eigenvalue weighted by Gasteiger charge is 2.32. The fourth-order valence-corrected chi connectivity index (χ4v) is 2.49. The second-order valence-electron chi connectivity index (χ2n) is 5.79. The molecule has 2 aliphatic rings. The van der Waals surface area contributed by atoms with Crippen LogP contribution in [0.1, 0.15) is 31.2 Å². The first-order chi connectivity index (χ1) is 9.76. The molecule has 1 N–H and O–H groups in total. The minimum Gasteiger partial charge on any atom is -0.496 e. The minimum atomic E-state index is 0.161. The molecule has 1 amide bonds. The quantitative estimate of drug-likeness (QED) is 0.826. The van der Waals surface area contributed by atoms with Gasteiger partial charge in [-0.2, -0.15) is 0 Å². The number of hydrogen-bond acceptors (Lipinski definition) is 3. The number of hydrogen-bond donors (Lipinski definition) is 1. The summed E-state index contributed by atoms with van der Waals surface area (Å²) in [7, 11) is 1.69. The molecule has 0 radical (unpaired) electrons. The lowest BCUT2D eigenvalue weighted by molar-refractivity contribution is -0.122. The molecule has 2 fully saturated rings. The number of rotatable bonds is 7. The van der Waals surface area contributed by atoms with Crippen molar-refractivity contribution in [3.63, 3.8) is 0 Å². The summed E-state index contributed by atoms with van der Waals surface area (Å²) in [6.07, 6.45) is 4.68. The van der Waals surface area contributed by atoms with Crippen molar-refractivity contribution in [1.29, 1.82) is 0 Å². The lowest BCUT2D eigenvalue weighted by atomic mass is 10.2. The maximum Gasteiger partial charge on any atom is 0.234 e. The molecule has 108 valence electrons. The first-order valence-corrected chi connectivity index (χ1v) is 7.41. The van der Waals surface area contributed by atoms with Gasteiger partial charge in [-0.05, 0) is 31.7 Å². The van der Waals surface area contributed by atoms with Crippen LogP contribution in [0.5, 0.6) is 5.75 Å². The summed E-state index contributed by atoms with van der Waals surface area (Å²) in [5.41, 5.74) is 1.15. The standard InChI is InChI=1S/C16H22N2O2/c1-20-15-5-3-2-4-12(15)10-18(14-8-9-14)11-16(19)17-13-6-7-13/h2-5,13-14H,6-11H2,1H3,(H,17,19). The van der Waals surface area contributed by atoms with Crippen LogP contribution >= 0.6 is 0 Å². The van der Waals surface area contributed by atoms with Crippen molar-refractivity contribution in [2.24, 2.45) is 0 Å². The van der Waals surface area contributed by atoms with Gasteiger partial charge in [0.1, 0.15) is 5.75 Å². The van der Waals surface area contributed by atoms with Gasteiger partial charge in [-0.25, -0.2) is 0 Å². The monoisotopic (exact) mass is 274 g/mol. The van der Waals surface area contributed by atoms with Gasteiger partial charge in [-0.1, -0.05) is 18.2 Å². The summed E-state index contributed by atoms with van der Waals surface area (Å²) in [5.74, 6) is 1.06. The number of amides is 1. The molecule has 20 heavy (non-hydrogen) atoms. The molecule has 1 aromatic rings. The summed E-state index contributed by atoms with van der Waals surface area (Å²) in [4.78, 5) is 14.3. The van der Waals surface area contributed by atoms with Gasteiger partial charge >= 0.3 is 0 Å². The third-order valence-electron chi connectivity index (χ3n) is 3.92. The van der Waals surface area contributed by atoms with Crippen molar-refractivity contribution in [3.8, 4) is 5.75 Å². The highest BCUT2D eigenvalue weighted by Crippen LogP contribution is 2.30. The Morgan fingerprint density at radius 2 is 2.05 bits per heavy atom. The van der Waals surface area contributed by atoms with E-state index in [0.717, 1.165) is 30.7 Å². The molecule has 3 rings (SSSR count). The minimum absolute atomic E-state index is 0.161. The van der Waals surface area contributed by atoms with E-state index < -0.39 is 0 Å². The first kappa shape index (κ1) is 13.4. The summed E-state index contributed by atoms with van der Waals surface area (Å²) in [6.45, 7) is 1.28. The highest BCUT2D eigenvalue weighted by atomic mass is 16.5. The average Bonchev–Trinajstić information content (AvgIpc) is 3.32. The fraction of sp³-hybridized carbons (Fsp3) is 0.562. The van der Waals surface area contributed by atoms with Crippen molar-refractivity contribution in [1.82, 2.24) is 10.2 Å². The zero-order valence-electron chi connectivity index (χ0n) is 12.0. The van der Waals surface area contributed by atoms with Gasteiger partial charge in [0, 0.05) is 24.2 Å². The second-order valence-corrected chi connectivity index (χ2v) is 5.79. The van der Waals surface area contributed by atoms with Crippen LogP contribution in [0.2, 0.25) is 0 Å². The Bertz CT molecular complexity index is 481. The van der Waals surface area contributed by atoms with Crippen LogP contribution in [0.25, 0.3) is 0 Å². The molecule has 4 nitrogen and oxygen atoms in total. The first-order valence-electron chi connectivity index (χ1n) is 7.41. The van der Waals surface area contributed by atoms with Gasteiger partial charge in [0.25, 0.3) is 0 Å². The van der Waals surface area contributed by atoms with Crippen molar-refractivity contribution < 1.29 is 9.53 Å². The van der Waals surface area contributed by atoms with E-state index >= 15 is 0 Å². The van der Waals surface area contributed by atoms with Crippen LogP contribution < -0.4 is 10.1 Å². The molecule has 2 saturated carbocycles. The van der Waals surface area contributed by atoms with E-state index in [-0.39, 0.29) is 5.91 Å². The Labute approximate surface area is 120 Å². The van der Waals surface area contributed by atoms with Gasteiger partial charge in [-0.3, -0.25) is 9.69 Å². The lowest BCUT2D eigenvalue weighted by Crippen LogP contribution is -2.39. The van der Waals surface area contributed by atoms with E-state index in [1.807, 2.05) is 18.2 Å². The zero-order valence-corrected chi connectivity index (χ0v) is 12.0. The molecule has 0 bridgehead atoms. The summed E-state index contributed by atoms with van der Waals surface area (Å²) in [6, 6.07) is 9.05. The third kappa shape index (κ3) is 3.51. The molecule has 0 aliphatic heterocycles. The van der Waals surface area contributed by atoms with E-state index in [0.29, 0.717) is 18.6 Å². The van der Waals surface area contributed by atoms with Crippen molar-refractivity contribution in [3.05, 3.63) is 29.8 Å². The topological polar surface area (TPSA) is 41.6 Å². The van der Waals surface area contributed by atoms with Crippen LogP contribution in [0.4, 0.5) is 0 Å². The molecule has 0 aromatic heterocycles. The van der Waals surface area contributed by atoms with E-state index in [1.165, 1.54) is 12.8 Å². The van der Waals surface area contributed by atoms with Crippen LogP contribution in [-0.4, -0.2) is 36.5 Å². The molecular formula is C16H22N2O2. The molecule has 0 saturated heterocycles. The average molecular weight is 274 g/mol. The Kier molecular flexibility index (Phi) is 3.92. The predicted molar refractivity (Wildman–Crippen MR) is 77.6 cm³/mol. The zero-order chi connectivity index (χ0) is 13.9. The fourth-order valence-electron chi connectivity index (χ4n) is 2.49. The summed E-state index contributed by atoms with van der Waals surface area (Å²) >= 11 is 0. The molecule has 2 aliphatic carbocycles. The van der Waals surface area contributed by atoms with Gasteiger partial charge in [0.15, 0.2) is 0 Å². The number of benzene rings is 1. The third-order valence-corrected chi connectivity index (χ3v) is 3.92. The number of ether oxygens (including phenoxy) is 1. The number of nitrogens with one attached hydrogen (secondary N) is 1. The Morgan fingerprint density at radius 1 is 1.30 bits per heavy atom. The van der Waals surface area contributed by atoms with Crippen LogP contribution in [-0.2, 0) is 11.3 Å². The smallest absolute Gasteiger partial charge is 0.234 e. The second kappa shape index (κ2) is 5.83. The molecule has 4 heteroatoms. The van der Waals surface area contributed by atoms with E-state index in [4.69, 9.17) is 4.74 Å². The normalized spacial score (nSPS) is 18.1. The predicted octanol–water partition coefficient (Wildman–Crippen LogP) is 1.94.